The first-order valence-electron chi connectivity index (χ1n) is 8.18. The summed E-state index contributed by atoms with van der Waals surface area (Å²) in [6, 6.07) is 7.84. The van der Waals surface area contributed by atoms with Crippen molar-refractivity contribution in [3.8, 4) is 0 Å². The van der Waals surface area contributed by atoms with Crippen LogP contribution in [-0.2, 0) is 0 Å². The minimum atomic E-state index is -0.901. The fourth-order valence-electron chi connectivity index (χ4n) is 3.14. The molecule has 3 nitrogen and oxygen atoms in total. The van der Waals surface area contributed by atoms with Crippen LogP contribution in [0.3, 0.4) is 0 Å². The zero-order chi connectivity index (χ0) is 18.0. The molecule has 0 aliphatic carbocycles. The van der Waals surface area contributed by atoms with Crippen LogP contribution in [0, 0.1) is 24.4 Å². The van der Waals surface area contributed by atoms with Crippen molar-refractivity contribution in [2.45, 2.75) is 25.3 Å². The summed E-state index contributed by atoms with van der Waals surface area (Å²) in [5.41, 5.74) is 1.34. The molecule has 2 unspecified atom stereocenters. The SMILES string of the molecule is Cc1ccc(C(=O)NC2CNCCC2c2ccc(F)c(F)c2)cc1F.Cl. The number of aryl methyl sites for hydroxylation is 1. The van der Waals surface area contributed by atoms with E-state index in [1.165, 1.54) is 12.1 Å². The monoisotopic (exact) mass is 384 g/mol. The Labute approximate surface area is 156 Å². The van der Waals surface area contributed by atoms with Crippen molar-refractivity contribution >= 4 is 18.3 Å². The zero-order valence-corrected chi connectivity index (χ0v) is 15.0. The van der Waals surface area contributed by atoms with Crippen LogP contribution in [0.1, 0.15) is 33.8 Å². The molecule has 2 aromatic carbocycles. The second-order valence-electron chi connectivity index (χ2n) is 6.32. The third kappa shape index (κ3) is 4.37. The number of nitrogens with one attached hydrogen (secondary N) is 2. The van der Waals surface area contributed by atoms with Gasteiger partial charge in [0.2, 0.25) is 0 Å². The Hall–Kier alpha value is -2.05. The molecule has 7 heteroatoms. The molecule has 0 bridgehead atoms. The molecule has 2 aromatic rings. The molecule has 1 saturated heterocycles. The molecule has 0 saturated carbocycles. The van der Waals surface area contributed by atoms with Gasteiger partial charge in [0.15, 0.2) is 11.6 Å². The molecule has 0 spiro atoms. The van der Waals surface area contributed by atoms with E-state index in [0.29, 0.717) is 24.1 Å². The number of carbonyl (C=O) groups is 1. The maximum absolute atomic E-state index is 13.7. The predicted molar refractivity (Wildman–Crippen MR) is 96.2 cm³/mol. The van der Waals surface area contributed by atoms with Gasteiger partial charge in [0, 0.05) is 24.1 Å². The van der Waals surface area contributed by atoms with E-state index in [2.05, 4.69) is 10.6 Å². The number of amides is 1. The quantitative estimate of drug-likeness (QED) is 0.847. The lowest BCUT2D eigenvalue weighted by Gasteiger charge is -2.33. The lowest BCUT2D eigenvalue weighted by atomic mass is 9.85. The first kappa shape index (κ1) is 20.3. The maximum atomic E-state index is 13.7. The minimum absolute atomic E-state index is 0. The van der Waals surface area contributed by atoms with Crippen LogP contribution in [0.15, 0.2) is 36.4 Å². The fraction of sp³-hybridized carbons (Fsp3) is 0.316. The topological polar surface area (TPSA) is 41.1 Å². The van der Waals surface area contributed by atoms with Gasteiger partial charge in [-0.25, -0.2) is 13.2 Å². The van der Waals surface area contributed by atoms with Crippen molar-refractivity contribution in [1.29, 1.82) is 0 Å². The van der Waals surface area contributed by atoms with Crippen molar-refractivity contribution < 1.29 is 18.0 Å². The Morgan fingerprint density at radius 3 is 2.54 bits per heavy atom. The number of piperidine rings is 1. The number of halogens is 4. The van der Waals surface area contributed by atoms with E-state index < -0.39 is 17.5 Å². The smallest absolute Gasteiger partial charge is 0.251 e. The summed E-state index contributed by atoms with van der Waals surface area (Å²) < 4.78 is 40.4. The summed E-state index contributed by atoms with van der Waals surface area (Å²) >= 11 is 0. The van der Waals surface area contributed by atoms with Crippen LogP contribution < -0.4 is 10.6 Å². The molecule has 2 atom stereocenters. The third-order valence-electron chi connectivity index (χ3n) is 4.60. The minimum Gasteiger partial charge on any atom is -0.347 e. The van der Waals surface area contributed by atoms with Gasteiger partial charge in [0.25, 0.3) is 5.91 Å². The van der Waals surface area contributed by atoms with Crippen molar-refractivity contribution in [2.24, 2.45) is 0 Å². The van der Waals surface area contributed by atoms with Crippen LogP contribution in [0.2, 0.25) is 0 Å². The molecule has 1 heterocycles. The highest BCUT2D eigenvalue weighted by Gasteiger charge is 2.28. The second-order valence-corrected chi connectivity index (χ2v) is 6.32. The molecule has 0 radical (unpaired) electrons. The van der Waals surface area contributed by atoms with Gasteiger partial charge in [0.1, 0.15) is 5.82 Å². The molecule has 1 fully saturated rings. The first-order chi connectivity index (χ1) is 12.0. The molecule has 0 aromatic heterocycles. The molecule has 1 aliphatic heterocycles. The van der Waals surface area contributed by atoms with Gasteiger partial charge in [-0.3, -0.25) is 4.79 Å². The lowest BCUT2D eigenvalue weighted by molar-refractivity contribution is 0.0924. The van der Waals surface area contributed by atoms with Gasteiger partial charge < -0.3 is 10.6 Å². The molecule has 3 rings (SSSR count). The van der Waals surface area contributed by atoms with Crippen molar-refractivity contribution in [2.75, 3.05) is 13.1 Å². The highest BCUT2D eigenvalue weighted by atomic mass is 35.5. The van der Waals surface area contributed by atoms with Crippen molar-refractivity contribution in [1.82, 2.24) is 10.6 Å². The number of benzene rings is 2. The molecule has 140 valence electrons. The highest BCUT2D eigenvalue weighted by molar-refractivity contribution is 5.94. The Morgan fingerprint density at radius 1 is 1.08 bits per heavy atom. The van der Waals surface area contributed by atoms with Crippen LogP contribution in [0.25, 0.3) is 0 Å². The van der Waals surface area contributed by atoms with Gasteiger partial charge in [-0.05, 0) is 55.3 Å². The number of carbonyl (C=O) groups excluding carboxylic acids is 1. The van der Waals surface area contributed by atoms with Crippen LogP contribution in [0.5, 0.6) is 0 Å². The Morgan fingerprint density at radius 2 is 1.85 bits per heavy atom. The summed E-state index contributed by atoms with van der Waals surface area (Å²) in [5, 5.41) is 6.06. The third-order valence-corrected chi connectivity index (χ3v) is 4.60. The molecular weight excluding hydrogens is 365 g/mol. The standard InChI is InChI=1S/C19H19F3N2O.ClH/c1-11-2-3-13(9-16(11)21)19(25)24-18-10-23-7-6-14(18)12-4-5-15(20)17(22)8-12;/h2-5,8-9,14,18,23H,6-7,10H2,1H3,(H,24,25);1H. The van der Waals surface area contributed by atoms with E-state index >= 15 is 0 Å². The zero-order valence-electron chi connectivity index (χ0n) is 14.2. The summed E-state index contributed by atoms with van der Waals surface area (Å²) in [6.07, 6.45) is 0.679. The summed E-state index contributed by atoms with van der Waals surface area (Å²) in [4.78, 5) is 12.4. The predicted octanol–water partition coefficient (Wildman–Crippen LogP) is 3.71. The average Bonchev–Trinajstić information content (AvgIpc) is 2.60. The second kappa shape index (κ2) is 8.56. The van der Waals surface area contributed by atoms with Crippen molar-refractivity contribution in [3.05, 3.63) is 70.5 Å². The Balaban J connectivity index is 0.00000243. The maximum Gasteiger partial charge on any atom is 0.251 e. The molecule has 26 heavy (non-hydrogen) atoms. The van der Waals surface area contributed by atoms with E-state index in [4.69, 9.17) is 0 Å². The number of hydrogen-bond donors (Lipinski definition) is 2. The van der Waals surface area contributed by atoms with Gasteiger partial charge in [-0.15, -0.1) is 12.4 Å². The van der Waals surface area contributed by atoms with Gasteiger partial charge in [0.05, 0.1) is 0 Å². The number of hydrogen-bond acceptors (Lipinski definition) is 2. The van der Waals surface area contributed by atoms with E-state index in [-0.39, 0.29) is 35.8 Å². The molecular formula is C19H20ClF3N2O. The summed E-state index contributed by atoms with van der Waals surface area (Å²) in [5.74, 6) is -2.77. The number of rotatable bonds is 3. The van der Waals surface area contributed by atoms with Crippen LogP contribution in [0.4, 0.5) is 13.2 Å². The van der Waals surface area contributed by atoms with E-state index in [1.54, 1.807) is 25.1 Å². The van der Waals surface area contributed by atoms with Gasteiger partial charge >= 0.3 is 0 Å². The van der Waals surface area contributed by atoms with Crippen LogP contribution >= 0.6 is 12.4 Å². The summed E-state index contributed by atoms with van der Waals surface area (Å²) in [6.45, 7) is 2.85. The average molecular weight is 385 g/mol. The van der Waals surface area contributed by atoms with Crippen LogP contribution in [-0.4, -0.2) is 25.0 Å². The van der Waals surface area contributed by atoms with Gasteiger partial charge in [-0.2, -0.15) is 0 Å². The van der Waals surface area contributed by atoms with Crippen molar-refractivity contribution in [3.63, 3.8) is 0 Å². The Kier molecular flexibility index (Phi) is 6.67. The van der Waals surface area contributed by atoms with E-state index in [9.17, 15) is 18.0 Å². The Bertz CT molecular complexity index is 800. The fourth-order valence-corrected chi connectivity index (χ4v) is 3.14. The first-order valence-corrected chi connectivity index (χ1v) is 8.18. The van der Waals surface area contributed by atoms with E-state index in [1.807, 2.05) is 0 Å². The largest absolute Gasteiger partial charge is 0.347 e. The lowest BCUT2D eigenvalue weighted by Crippen LogP contribution is -2.50. The molecule has 1 amide bonds. The van der Waals surface area contributed by atoms with E-state index in [0.717, 1.165) is 12.6 Å². The van der Waals surface area contributed by atoms with Gasteiger partial charge in [-0.1, -0.05) is 12.1 Å². The molecule has 2 N–H and O–H groups in total. The normalized spacial score (nSPS) is 19.5. The highest BCUT2D eigenvalue weighted by Crippen LogP contribution is 2.27. The molecule has 1 aliphatic rings. The summed E-state index contributed by atoms with van der Waals surface area (Å²) in [7, 11) is 0.